The number of rotatable bonds is 5. The van der Waals surface area contributed by atoms with Gasteiger partial charge in [-0.2, -0.15) is 0 Å². The molecule has 5 aromatic heterocycles. The van der Waals surface area contributed by atoms with Gasteiger partial charge in [0.05, 0.1) is 15.9 Å². The number of hydrogen-bond acceptors (Lipinski definition) is 8. The van der Waals surface area contributed by atoms with Crippen molar-refractivity contribution in [2.75, 3.05) is 0 Å². The van der Waals surface area contributed by atoms with E-state index in [2.05, 4.69) is 91.0 Å². The van der Waals surface area contributed by atoms with E-state index in [4.69, 9.17) is 29.3 Å². The molecule has 0 spiro atoms. The second-order valence-electron chi connectivity index (χ2n) is 14.0. The van der Waals surface area contributed by atoms with Crippen LogP contribution in [-0.2, 0) is 0 Å². The Morgan fingerprint density at radius 2 is 0.982 bits per heavy atom. The highest BCUT2D eigenvalue weighted by Gasteiger charge is 2.21. The van der Waals surface area contributed by atoms with Gasteiger partial charge in [0.25, 0.3) is 0 Å². The Balaban J connectivity index is 1.07. The van der Waals surface area contributed by atoms with Crippen molar-refractivity contribution >= 4 is 85.1 Å². The summed E-state index contributed by atoms with van der Waals surface area (Å²) in [6.45, 7) is 0. The molecule has 0 radical (unpaired) electrons. The monoisotopic (exact) mass is 765 g/mol. The van der Waals surface area contributed by atoms with Crippen molar-refractivity contribution in [1.29, 1.82) is 0 Å². The van der Waals surface area contributed by atoms with Gasteiger partial charge in [0, 0.05) is 68.8 Å². The van der Waals surface area contributed by atoms with Crippen LogP contribution in [0.5, 0.6) is 0 Å². The van der Waals surface area contributed by atoms with E-state index in [0.29, 0.717) is 23.3 Å². The second kappa shape index (κ2) is 12.7. The first kappa shape index (κ1) is 32.1. The maximum absolute atomic E-state index is 6.20. The first-order chi connectivity index (χ1) is 28.2. The van der Waals surface area contributed by atoms with Gasteiger partial charge >= 0.3 is 0 Å². The number of benzene rings is 7. The summed E-state index contributed by atoms with van der Waals surface area (Å²) in [5.74, 6) is 2.58. The fraction of sp³-hybridized carbons (Fsp3) is 0. The first-order valence-corrected chi connectivity index (χ1v) is 20.3. The van der Waals surface area contributed by atoms with Crippen LogP contribution in [0.25, 0.3) is 119 Å². The third kappa shape index (κ3) is 5.26. The van der Waals surface area contributed by atoms with E-state index >= 15 is 0 Å². The van der Waals surface area contributed by atoms with Crippen molar-refractivity contribution in [2.24, 2.45) is 0 Å². The van der Waals surface area contributed by atoms with Crippen LogP contribution in [0.1, 0.15) is 0 Å². The van der Waals surface area contributed by atoms with Crippen LogP contribution in [0.15, 0.2) is 168 Å². The van der Waals surface area contributed by atoms with Crippen LogP contribution < -0.4 is 0 Å². The third-order valence-electron chi connectivity index (χ3n) is 10.6. The van der Waals surface area contributed by atoms with Crippen LogP contribution in [0.3, 0.4) is 0 Å². The molecule has 0 bridgehead atoms. The molecule has 0 amide bonds. The second-order valence-corrected chi connectivity index (χ2v) is 16.1. The summed E-state index contributed by atoms with van der Waals surface area (Å²) in [5, 5.41) is 5.49. The summed E-state index contributed by atoms with van der Waals surface area (Å²) in [4.78, 5) is 25.9. The lowest BCUT2D eigenvalue weighted by Gasteiger charge is -2.10. The number of thiophene rings is 2. The van der Waals surface area contributed by atoms with E-state index in [1.165, 1.54) is 9.40 Å². The van der Waals surface area contributed by atoms with Crippen LogP contribution in [0, 0.1) is 0 Å². The Morgan fingerprint density at radius 3 is 1.79 bits per heavy atom. The molecular weight excluding hydrogens is 739 g/mol. The molecule has 0 saturated carbocycles. The van der Waals surface area contributed by atoms with Crippen LogP contribution in [-0.4, -0.2) is 24.9 Å². The zero-order valence-electron chi connectivity index (χ0n) is 30.0. The lowest BCUT2D eigenvalue weighted by atomic mass is 10.0. The van der Waals surface area contributed by atoms with Crippen molar-refractivity contribution in [3.05, 3.63) is 164 Å². The lowest BCUT2D eigenvalue weighted by molar-refractivity contribution is 0.669. The van der Waals surface area contributed by atoms with Crippen LogP contribution >= 0.6 is 22.7 Å². The predicted molar refractivity (Wildman–Crippen MR) is 236 cm³/mol. The smallest absolute Gasteiger partial charge is 0.164 e. The molecule has 0 unspecified atom stereocenters. The summed E-state index contributed by atoms with van der Waals surface area (Å²) < 4.78 is 10.8. The van der Waals surface area contributed by atoms with Crippen LogP contribution in [0.2, 0.25) is 0 Å². The SMILES string of the molecule is c1ccc(-c2nc(-c3ccccc3)nc(-c3cccc4sc5ccc(-c6nc(-c7ccc8oc9ccccc9c8c7)c7sc8ccccc8c7n6)cc5c34)n2)cc1. The maximum atomic E-state index is 6.20. The van der Waals surface area contributed by atoms with E-state index in [9.17, 15) is 0 Å². The van der Waals surface area contributed by atoms with Crippen molar-refractivity contribution in [3.63, 3.8) is 0 Å². The maximum Gasteiger partial charge on any atom is 0.164 e. The molecule has 6 nitrogen and oxygen atoms in total. The van der Waals surface area contributed by atoms with E-state index in [1.807, 2.05) is 72.8 Å². The molecule has 0 atom stereocenters. The summed E-state index contributed by atoms with van der Waals surface area (Å²) >= 11 is 3.50. The third-order valence-corrected chi connectivity index (χ3v) is 12.9. The van der Waals surface area contributed by atoms with E-state index in [-0.39, 0.29) is 0 Å². The Hall–Kier alpha value is -7.13. The summed E-state index contributed by atoms with van der Waals surface area (Å²) in [7, 11) is 0. The van der Waals surface area contributed by atoms with Crippen molar-refractivity contribution in [2.45, 2.75) is 0 Å². The normalized spacial score (nSPS) is 11.9. The largest absolute Gasteiger partial charge is 0.456 e. The van der Waals surface area contributed by atoms with Gasteiger partial charge in [-0.25, -0.2) is 24.9 Å². The molecular formula is C49H27N5OS2. The van der Waals surface area contributed by atoms with Gasteiger partial charge in [-0.3, -0.25) is 0 Å². The Labute approximate surface area is 333 Å². The first-order valence-electron chi connectivity index (χ1n) is 18.7. The molecule has 0 aliphatic heterocycles. The molecule has 5 heterocycles. The molecule has 0 aliphatic rings. The minimum atomic E-state index is 0.630. The molecule has 0 N–H and O–H groups in total. The predicted octanol–water partition coefficient (Wildman–Crippen LogP) is 13.6. The highest BCUT2D eigenvalue weighted by atomic mass is 32.1. The summed E-state index contributed by atoms with van der Waals surface area (Å²) in [6, 6.07) is 56.2. The number of aromatic nitrogens is 5. The standard InChI is InChI=1S/C49H27N5OS2/c1-3-12-28(13-4-1)46-52-47(29-14-5-2-6-15-29)54-49(53-46)34-18-11-21-41-42(34)36-27-31(23-25-40(36)56-41)48-50-43(45-44(51-48)33-17-8-10-20-39(33)57-45)30-22-24-38-35(26-30)32-16-7-9-19-37(32)55-38/h1-27H. The number of hydrogen-bond donors (Lipinski definition) is 0. The van der Waals surface area contributed by atoms with Crippen molar-refractivity contribution in [3.8, 4) is 56.8 Å². The molecule has 266 valence electrons. The number of para-hydroxylation sites is 1. The number of furan rings is 1. The van der Waals surface area contributed by atoms with Gasteiger partial charge in [-0.15, -0.1) is 22.7 Å². The molecule has 7 aromatic carbocycles. The fourth-order valence-corrected chi connectivity index (χ4v) is 10.1. The van der Waals surface area contributed by atoms with E-state index < -0.39 is 0 Å². The Bertz CT molecular complexity index is 3480. The summed E-state index contributed by atoms with van der Waals surface area (Å²) in [5.41, 5.74) is 8.39. The van der Waals surface area contributed by atoms with Crippen molar-refractivity contribution < 1.29 is 4.42 Å². The zero-order chi connectivity index (χ0) is 37.5. The molecule has 8 heteroatoms. The number of nitrogens with zero attached hydrogens (tertiary/aromatic N) is 5. The topological polar surface area (TPSA) is 77.6 Å². The molecule has 57 heavy (non-hydrogen) atoms. The molecule has 0 saturated heterocycles. The minimum Gasteiger partial charge on any atom is -0.456 e. The quantitative estimate of drug-likeness (QED) is 0.174. The van der Waals surface area contributed by atoms with Gasteiger partial charge in [0.1, 0.15) is 11.2 Å². The zero-order valence-corrected chi connectivity index (χ0v) is 31.7. The van der Waals surface area contributed by atoms with Gasteiger partial charge < -0.3 is 4.42 Å². The molecule has 0 aliphatic carbocycles. The lowest BCUT2D eigenvalue weighted by Crippen LogP contribution is -2.00. The molecule has 12 aromatic rings. The number of fused-ring (bicyclic) bond motifs is 9. The van der Waals surface area contributed by atoms with Gasteiger partial charge in [0.15, 0.2) is 23.3 Å². The molecule has 12 rings (SSSR count). The van der Waals surface area contributed by atoms with Gasteiger partial charge in [-0.1, -0.05) is 109 Å². The van der Waals surface area contributed by atoms with E-state index in [0.717, 1.165) is 86.5 Å². The van der Waals surface area contributed by atoms with Crippen molar-refractivity contribution in [1.82, 2.24) is 24.9 Å². The fourth-order valence-electron chi connectivity index (χ4n) is 7.87. The molecule has 0 fully saturated rings. The highest BCUT2D eigenvalue weighted by Crippen LogP contribution is 2.44. The average Bonchev–Trinajstić information content (AvgIpc) is 3.97. The highest BCUT2D eigenvalue weighted by molar-refractivity contribution is 7.26. The van der Waals surface area contributed by atoms with E-state index in [1.54, 1.807) is 22.7 Å². The minimum absolute atomic E-state index is 0.630. The Morgan fingerprint density at radius 1 is 0.368 bits per heavy atom. The van der Waals surface area contributed by atoms with Crippen LogP contribution in [0.4, 0.5) is 0 Å². The summed E-state index contributed by atoms with van der Waals surface area (Å²) in [6.07, 6.45) is 0. The Kier molecular flexibility index (Phi) is 7.17. The van der Waals surface area contributed by atoms with Gasteiger partial charge in [0.2, 0.25) is 0 Å². The van der Waals surface area contributed by atoms with Gasteiger partial charge in [-0.05, 0) is 54.6 Å². The average molecular weight is 766 g/mol.